The summed E-state index contributed by atoms with van der Waals surface area (Å²) >= 11 is 1.82. The zero-order valence-electron chi connectivity index (χ0n) is 7.32. The molecule has 66 valence electrons. The third-order valence-electron chi connectivity index (χ3n) is 1.27. The van der Waals surface area contributed by atoms with Crippen molar-refractivity contribution < 1.29 is 0 Å². The number of nitrogen functional groups attached to an aromatic ring is 1. The first-order valence-electron chi connectivity index (χ1n) is 3.86. The summed E-state index contributed by atoms with van der Waals surface area (Å²) in [6.45, 7) is 4.31. The third kappa shape index (κ3) is 3.09. The molecule has 0 fully saturated rings. The van der Waals surface area contributed by atoms with E-state index < -0.39 is 0 Å². The van der Waals surface area contributed by atoms with Crippen LogP contribution in [-0.4, -0.2) is 15.2 Å². The van der Waals surface area contributed by atoms with Crippen LogP contribution in [0, 0.1) is 0 Å². The van der Waals surface area contributed by atoms with Crippen LogP contribution in [0.5, 0.6) is 0 Å². The second-order valence-electron chi connectivity index (χ2n) is 2.79. The summed E-state index contributed by atoms with van der Waals surface area (Å²) in [5, 5.41) is 0.617. The maximum atomic E-state index is 5.45. The fourth-order valence-corrected chi connectivity index (χ4v) is 1.31. The first kappa shape index (κ1) is 9.32. The number of hydrogen-bond donors (Lipinski definition) is 1. The average Bonchev–Trinajstić information content (AvgIpc) is 2.03. The number of rotatable bonds is 3. The smallest absolute Gasteiger partial charge is 0.138 e. The first-order chi connectivity index (χ1) is 5.68. The van der Waals surface area contributed by atoms with E-state index in [1.54, 1.807) is 12.4 Å². The average molecular weight is 183 g/mol. The molecule has 1 aromatic heterocycles. The van der Waals surface area contributed by atoms with Gasteiger partial charge >= 0.3 is 0 Å². The van der Waals surface area contributed by atoms with Gasteiger partial charge in [0, 0.05) is 0 Å². The van der Waals surface area contributed by atoms with E-state index in [1.807, 2.05) is 11.8 Å². The Morgan fingerprint density at radius 2 is 2.00 bits per heavy atom. The lowest BCUT2D eigenvalue weighted by molar-refractivity contribution is 1.02. The molecule has 0 aliphatic carbocycles. The molecule has 0 atom stereocenters. The Bertz CT molecular complexity index is 233. The number of aromatic nitrogens is 2. The molecular formula is C8H13N3S. The molecule has 0 aliphatic rings. The minimum atomic E-state index is 0.617. The van der Waals surface area contributed by atoms with Crippen LogP contribution >= 0.6 is 11.8 Å². The van der Waals surface area contributed by atoms with Crippen LogP contribution in [0.25, 0.3) is 0 Å². The largest absolute Gasteiger partial charge is 0.396 e. The Morgan fingerprint density at radius 1 is 1.42 bits per heavy atom. The molecule has 0 bridgehead atoms. The van der Waals surface area contributed by atoms with Gasteiger partial charge in [-0.3, -0.25) is 0 Å². The maximum Gasteiger partial charge on any atom is 0.138 e. The minimum Gasteiger partial charge on any atom is -0.396 e. The van der Waals surface area contributed by atoms with Crippen LogP contribution in [0.3, 0.4) is 0 Å². The first-order valence-corrected chi connectivity index (χ1v) is 4.91. The lowest BCUT2D eigenvalue weighted by Crippen LogP contribution is -1.96. The lowest BCUT2D eigenvalue weighted by Gasteiger charge is -2.02. The van der Waals surface area contributed by atoms with Gasteiger partial charge in [0.25, 0.3) is 0 Å². The molecular weight excluding hydrogens is 170 g/mol. The summed E-state index contributed by atoms with van der Waals surface area (Å²) < 4.78 is 0. The Balaban J connectivity index is 2.48. The SMILES string of the molecule is CC(C)SCc1ncc(N)cn1. The second kappa shape index (κ2) is 4.30. The summed E-state index contributed by atoms with van der Waals surface area (Å²) in [7, 11) is 0. The van der Waals surface area contributed by atoms with Crippen LogP contribution in [0.15, 0.2) is 12.4 Å². The van der Waals surface area contributed by atoms with Crippen LogP contribution in [-0.2, 0) is 5.75 Å². The fourth-order valence-electron chi connectivity index (χ4n) is 0.680. The van der Waals surface area contributed by atoms with Crippen molar-refractivity contribution >= 4 is 17.4 Å². The molecule has 1 rings (SSSR count). The van der Waals surface area contributed by atoms with Crippen LogP contribution < -0.4 is 5.73 Å². The highest BCUT2D eigenvalue weighted by atomic mass is 32.2. The Labute approximate surface area is 76.8 Å². The molecule has 4 heteroatoms. The van der Waals surface area contributed by atoms with Crippen LogP contribution in [0.4, 0.5) is 5.69 Å². The summed E-state index contributed by atoms with van der Waals surface area (Å²) in [5.74, 6) is 1.71. The summed E-state index contributed by atoms with van der Waals surface area (Å²) in [6, 6.07) is 0. The van der Waals surface area contributed by atoms with Gasteiger partial charge in [-0.05, 0) is 5.25 Å². The van der Waals surface area contributed by atoms with Crippen molar-refractivity contribution in [3.63, 3.8) is 0 Å². The van der Waals surface area contributed by atoms with E-state index in [0.29, 0.717) is 10.9 Å². The molecule has 0 aliphatic heterocycles. The van der Waals surface area contributed by atoms with E-state index in [1.165, 1.54) is 0 Å². The minimum absolute atomic E-state index is 0.617. The lowest BCUT2D eigenvalue weighted by atomic mass is 10.5. The maximum absolute atomic E-state index is 5.45. The molecule has 0 amide bonds. The van der Waals surface area contributed by atoms with Crippen molar-refractivity contribution in [3.05, 3.63) is 18.2 Å². The highest BCUT2D eigenvalue weighted by Gasteiger charge is 1.98. The molecule has 0 saturated heterocycles. The molecule has 12 heavy (non-hydrogen) atoms. The van der Waals surface area contributed by atoms with Crippen LogP contribution in [0.1, 0.15) is 19.7 Å². The van der Waals surface area contributed by atoms with Crippen molar-refractivity contribution in [1.82, 2.24) is 9.97 Å². The van der Waals surface area contributed by atoms with Gasteiger partial charge in [0.1, 0.15) is 5.82 Å². The molecule has 1 heterocycles. The van der Waals surface area contributed by atoms with E-state index in [2.05, 4.69) is 23.8 Å². The number of thioether (sulfide) groups is 1. The van der Waals surface area contributed by atoms with E-state index in [9.17, 15) is 0 Å². The van der Waals surface area contributed by atoms with Crippen molar-refractivity contribution in [1.29, 1.82) is 0 Å². The second-order valence-corrected chi connectivity index (χ2v) is 4.36. The molecule has 1 aromatic rings. The zero-order chi connectivity index (χ0) is 8.97. The van der Waals surface area contributed by atoms with Gasteiger partial charge in [-0.2, -0.15) is 11.8 Å². The Kier molecular flexibility index (Phi) is 3.34. The zero-order valence-corrected chi connectivity index (χ0v) is 8.14. The molecule has 0 unspecified atom stereocenters. The number of hydrogen-bond acceptors (Lipinski definition) is 4. The highest BCUT2D eigenvalue weighted by Crippen LogP contribution is 2.13. The van der Waals surface area contributed by atoms with E-state index in [-0.39, 0.29) is 0 Å². The van der Waals surface area contributed by atoms with Gasteiger partial charge in [0.05, 0.1) is 23.8 Å². The van der Waals surface area contributed by atoms with E-state index in [0.717, 1.165) is 11.6 Å². The third-order valence-corrected chi connectivity index (χ3v) is 2.36. The molecule has 3 nitrogen and oxygen atoms in total. The topological polar surface area (TPSA) is 51.8 Å². The monoisotopic (exact) mass is 183 g/mol. The van der Waals surface area contributed by atoms with Crippen LogP contribution in [0.2, 0.25) is 0 Å². The molecule has 0 radical (unpaired) electrons. The molecule has 0 spiro atoms. The van der Waals surface area contributed by atoms with Gasteiger partial charge < -0.3 is 5.73 Å². The van der Waals surface area contributed by atoms with Gasteiger partial charge in [-0.1, -0.05) is 13.8 Å². The highest BCUT2D eigenvalue weighted by molar-refractivity contribution is 7.99. The van der Waals surface area contributed by atoms with Crippen molar-refractivity contribution in [2.45, 2.75) is 24.9 Å². The summed E-state index contributed by atoms with van der Waals surface area (Å²) in [4.78, 5) is 8.19. The molecule has 0 saturated carbocycles. The van der Waals surface area contributed by atoms with Crippen molar-refractivity contribution in [2.24, 2.45) is 0 Å². The van der Waals surface area contributed by atoms with Crippen molar-refractivity contribution in [2.75, 3.05) is 5.73 Å². The van der Waals surface area contributed by atoms with Gasteiger partial charge in [0.15, 0.2) is 0 Å². The number of nitrogens with zero attached hydrogens (tertiary/aromatic N) is 2. The molecule has 0 aromatic carbocycles. The van der Waals surface area contributed by atoms with E-state index >= 15 is 0 Å². The summed E-state index contributed by atoms with van der Waals surface area (Å²) in [5.41, 5.74) is 6.07. The summed E-state index contributed by atoms with van der Waals surface area (Å²) in [6.07, 6.45) is 3.28. The Morgan fingerprint density at radius 3 is 2.50 bits per heavy atom. The standard InChI is InChI=1S/C8H13N3S/c1-6(2)12-5-8-10-3-7(9)4-11-8/h3-4,6H,5,9H2,1-2H3. The number of nitrogens with two attached hydrogens (primary N) is 1. The van der Waals surface area contributed by atoms with Gasteiger partial charge in [-0.25, -0.2) is 9.97 Å². The molecule has 2 N–H and O–H groups in total. The predicted octanol–water partition coefficient (Wildman–Crippen LogP) is 1.70. The normalized spacial score (nSPS) is 10.6. The van der Waals surface area contributed by atoms with Crippen molar-refractivity contribution in [3.8, 4) is 0 Å². The Hall–Kier alpha value is -0.770. The quantitative estimate of drug-likeness (QED) is 0.775. The van der Waals surface area contributed by atoms with E-state index in [4.69, 9.17) is 5.73 Å². The number of anilines is 1. The van der Waals surface area contributed by atoms with Gasteiger partial charge in [-0.15, -0.1) is 0 Å². The van der Waals surface area contributed by atoms with Gasteiger partial charge in [0.2, 0.25) is 0 Å². The predicted molar refractivity (Wildman–Crippen MR) is 52.9 cm³/mol. The fraction of sp³-hybridized carbons (Fsp3) is 0.500.